The van der Waals surface area contributed by atoms with E-state index in [2.05, 4.69) is 80.2 Å². The topological polar surface area (TPSA) is 18.5 Å². The van der Waals surface area contributed by atoms with Gasteiger partial charge in [0.05, 0.1) is 13.7 Å². The van der Waals surface area contributed by atoms with Crippen LogP contribution in [0.2, 0.25) is 0 Å². The minimum absolute atomic E-state index is 0.695. The molecule has 0 N–H and O–H groups in total. The van der Waals surface area contributed by atoms with E-state index >= 15 is 0 Å². The average molecular weight is 435 g/mol. The lowest BCUT2D eigenvalue weighted by Gasteiger charge is -2.18. The fourth-order valence-corrected chi connectivity index (χ4v) is 4.01. The Morgan fingerprint density at radius 1 is 0.758 bits per heavy atom. The summed E-state index contributed by atoms with van der Waals surface area (Å²) in [7, 11) is 1.69. The smallest absolute Gasteiger partial charge is 0.134 e. The maximum atomic E-state index is 6.40. The summed E-state index contributed by atoms with van der Waals surface area (Å²) in [6.07, 6.45) is 2.12. The first-order valence-electron chi connectivity index (χ1n) is 11.5. The van der Waals surface area contributed by atoms with Crippen LogP contribution in [0.1, 0.15) is 30.9 Å². The largest absolute Gasteiger partial charge is 0.496 e. The number of unbranched alkanes of at least 4 members (excludes halogenated alkanes) is 1. The van der Waals surface area contributed by atoms with Gasteiger partial charge in [-0.2, -0.15) is 0 Å². The van der Waals surface area contributed by atoms with Gasteiger partial charge in [0.25, 0.3) is 0 Å². The van der Waals surface area contributed by atoms with Crippen LogP contribution < -0.4 is 9.47 Å². The maximum Gasteiger partial charge on any atom is 0.134 e. The molecule has 4 rings (SSSR count). The van der Waals surface area contributed by atoms with Gasteiger partial charge >= 0.3 is 0 Å². The number of benzene rings is 4. The van der Waals surface area contributed by atoms with E-state index in [9.17, 15) is 0 Å². The minimum atomic E-state index is 0.695. The Morgan fingerprint density at radius 3 is 2.18 bits per heavy atom. The summed E-state index contributed by atoms with van der Waals surface area (Å²) in [5, 5.41) is 0. The molecule has 0 radical (unpaired) electrons. The summed E-state index contributed by atoms with van der Waals surface area (Å²) in [5.74, 6) is 1.75. The molecule has 0 fully saturated rings. The number of ether oxygens (including phenoxy) is 2. The molecule has 0 spiro atoms. The third-order valence-corrected chi connectivity index (χ3v) is 5.80. The molecule has 0 aliphatic heterocycles. The van der Waals surface area contributed by atoms with Crippen molar-refractivity contribution in [2.45, 2.75) is 19.8 Å². The summed E-state index contributed by atoms with van der Waals surface area (Å²) in [5.41, 5.74) is 7.44. The molecule has 0 heterocycles. The van der Waals surface area contributed by atoms with E-state index < -0.39 is 0 Å². The molecule has 4 aromatic carbocycles. The van der Waals surface area contributed by atoms with Crippen molar-refractivity contribution in [2.24, 2.45) is 0 Å². The highest BCUT2D eigenvalue weighted by Crippen LogP contribution is 2.40. The van der Waals surface area contributed by atoms with Crippen LogP contribution >= 0.6 is 0 Å². The molecule has 33 heavy (non-hydrogen) atoms. The lowest BCUT2D eigenvalue weighted by atomic mass is 9.93. The van der Waals surface area contributed by atoms with Gasteiger partial charge in [0, 0.05) is 16.7 Å². The molecule has 0 amide bonds. The highest BCUT2D eigenvalue weighted by atomic mass is 16.5. The maximum absolute atomic E-state index is 6.40. The molecule has 2 heteroatoms. The van der Waals surface area contributed by atoms with Gasteiger partial charge in [0.1, 0.15) is 11.5 Å². The minimum Gasteiger partial charge on any atom is -0.496 e. The molecule has 0 aromatic heterocycles. The molecular formula is C31H30O2. The number of hydrogen-bond donors (Lipinski definition) is 0. The molecule has 0 saturated heterocycles. The summed E-state index contributed by atoms with van der Waals surface area (Å²) < 4.78 is 12.0. The third kappa shape index (κ3) is 5.01. The van der Waals surface area contributed by atoms with Crippen LogP contribution in [0.4, 0.5) is 0 Å². The van der Waals surface area contributed by atoms with Crippen molar-refractivity contribution in [1.29, 1.82) is 0 Å². The van der Waals surface area contributed by atoms with Crippen LogP contribution in [-0.2, 0) is 0 Å². The first kappa shape index (κ1) is 22.4. The van der Waals surface area contributed by atoms with Gasteiger partial charge in [-0.05, 0) is 40.8 Å². The standard InChI is InChI=1S/C31H30O2/c1-4-5-21-33-31-28(24-13-7-6-8-14-24)18-12-19-29(31)26-16-11-15-25(22-26)23(2)27-17-9-10-20-30(27)32-3/h6-20,22H,2,4-5,21H2,1,3H3. The highest BCUT2D eigenvalue weighted by Gasteiger charge is 2.15. The van der Waals surface area contributed by atoms with E-state index in [4.69, 9.17) is 9.47 Å². The Labute approximate surface area is 197 Å². The molecule has 4 aromatic rings. The first-order chi connectivity index (χ1) is 16.2. The van der Waals surface area contributed by atoms with Crippen LogP contribution in [0.5, 0.6) is 11.5 Å². The van der Waals surface area contributed by atoms with E-state index in [0.29, 0.717) is 6.61 Å². The molecule has 2 nitrogen and oxygen atoms in total. The predicted molar refractivity (Wildman–Crippen MR) is 139 cm³/mol. The SMILES string of the molecule is C=C(c1cccc(-c2cccc(-c3ccccc3)c2OCCCC)c1)c1ccccc1OC. The van der Waals surface area contributed by atoms with Crippen molar-refractivity contribution in [3.8, 4) is 33.8 Å². The van der Waals surface area contributed by atoms with Crippen molar-refractivity contribution in [2.75, 3.05) is 13.7 Å². The number of methoxy groups -OCH3 is 1. The predicted octanol–water partition coefficient (Wildman–Crippen LogP) is 8.27. The zero-order valence-electron chi connectivity index (χ0n) is 19.4. The summed E-state index contributed by atoms with van der Waals surface area (Å²) in [4.78, 5) is 0. The summed E-state index contributed by atoms with van der Waals surface area (Å²) in [6, 6.07) is 33.3. The Kier molecular flexibility index (Phi) is 7.26. The molecule has 0 aliphatic rings. The Hall–Kier alpha value is -3.78. The average Bonchev–Trinajstić information content (AvgIpc) is 2.89. The van der Waals surface area contributed by atoms with Crippen molar-refractivity contribution in [3.05, 3.63) is 115 Å². The van der Waals surface area contributed by atoms with Crippen LogP contribution in [0, 0.1) is 0 Å². The van der Waals surface area contributed by atoms with Crippen LogP contribution in [0.3, 0.4) is 0 Å². The van der Waals surface area contributed by atoms with Gasteiger partial charge in [0.2, 0.25) is 0 Å². The summed E-state index contributed by atoms with van der Waals surface area (Å²) >= 11 is 0. The van der Waals surface area contributed by atoms with Crippen molar-refractivity contribution in [3.63, 3.8) is 0 Å². The van der Waals surface area contributed by atoms with Gasteiger partial charge in [-0.1, -0.05) is 105 Å². The van der Waals surface area contributed by atoms with E-state index in [1.807, 2.05) is 30.3 Å². The second kappa shape index (κ2) is 10.7. The zero-order valence-corrected chi connectivity index (χ0v) is 19.4. The number of rotatable bonds is 9. The van der Waals surface area contributed by atoms with Gasteiger partial charge in [-0.3, -0.25) is 0 Å². The fourth-order valence-electron chi connectivity index (χ4n) is 4.01. The third-order valence-electron chi connectivity index (χ3n) is 5.80. The van der Waals surface area contributed by atoms with Crippen molar-refractivity contribution >= 4 is 5.57 Å². The van der Waals surface area contributed by atoms with Crippen molar-refractivity contribution < 1.29 is 9.47 Å². The number of para-hydroxylation sites is 2. The van der Waals surface area contributed by atoms with E-state index in [1.54, 1.807) is 7.11 Å². The fraction of sp³-hybridized carbons (Fsp3) is 0.161. The second-order valence-electron chi connectivity index (χ2n) is 8.01. The molecule has 0 aliphatic carbocycles. The molecule has 0 saturated carbocycles. The Bertz CT molecular complexity index is 1220. The number of hydrogen-bond acceptors (Lipinski definition) is 2. The van der Waals surface area contributed by atoms with Crippen LogP contribution in [-0.4, -0.2) is 13.7 Å². The first-order valence-corrected chi connectivity index (χ1v) is 11.5. The summed E-state index contributed by atoms with van der Waals surface area (Å²) in [6.45, 7) is 7.25. The quantitative estimate of drug-likeness (QED) is 0.247. The molecule has 0 bridgehead atoms. The van der Waals surface area contributed by atoms with Gasteiger partial charge in [0.15, 0.2) is 0 Å². The monoisotopic (exact) mass is 434 g/mol. The van der Waals surface area contributed by atoms with E-state index in [-0.39, 0.29) is 0 Å². The lowest BCUT2D eigenvalue weighted by molar-refractivity contribution is 0.312. The molecular weight excluding hydrogens is 404 g/mol. The van der Waals surface area contributed by atoms with Crippen LogP contribution in [0.15, 0.2) is 104 Å². The molecule has 0 atom stereocenters. The molecule has 166 valence electrons. The van der Waals surface area contributed by atoms with Crippen molar-refractivity contribution in [1.82, 2.24) is 0 Å². The highest BCUT2D eigenvalue weighted by molar-refractivity contribution is 5.86. The Balaban J connectivity index is 1.78. The van der Waals surface area contributed by atoms with E-state index in [0.717, 1.165) is 63.3 Å². The van der Waals surface area contributed by atoms with Crippen LogP contribution in [0.25, 0.3) is 27.8 Å². The lowest BCUT2D eigenvalue weighted by Crippen LogP contribution is -2.00. The normalized spacial score (nSPS) is 10.6. The van der Waals surface area contributed by atoms with Gasteiger partial charge in [-0.25, -0.2) is 0 Å². The van der Waals surface area contributed by atoms with Gasteiger partial charge in [-0.15, -0.1) is 0 Å². The second-order valence-corrected chi connectivity index (χ2v) is 8.01. The molecule has 0 unspecified atom stereocenters. The Morgan fingerprint density at radius 2 is 1.42 bits per heavy atom. The zero-order chi connectivity index (χ0) is 23.0. The van der Waals surface area contributed by atoms with E-state index in [1.165, 1.54) is 0 Å². The van der Waals surface area contributed by atoms with Gasteiger partial charge < -0.3 is 9.47 Å².